The topological polar surface area (TPSA) is 68.3 Å². The predicted molar refractivity (Wildman–Crippen MR) is 82.0 cm³/mol. The van der Waals surface area contributed by atoms with E-state index in [0.717, 1.165) is 22.3 Å². The molecule has 4 heterocycles. The van der Waals surface area contributed by atoms with E-state index in [4.69, 9.17) is 0 Å². The van der Waals surface area contributed by atoms with Crippen molar-refractivity contribution in [2.45, 2.75) is 33.4 Å². The molecule has 0 spiro atoms. The smallest absolute Gasteiger partial charge is 0.273 e. The van der Waals surface area contributed by atoms with Crippen LogP contribution in [0.2, 0.25) is 0 Å². The van der Waals surface area contributed by atoms with Crippen molar-refractivity contribution in [3.8, 4) is 0 Å². The molecule has 0 aromatic carbocycles. The molecule has 22 heavy (non-hydrogen) atoms. The first kappa shape index (κ1) is 13.4. The Kier molecular flexibility index (Phi) is 2.83. The number of thiazole rings is 1. The lowest BCUT2D eigenvalue weighted by Gasteiger charge is -2.32. The molecule has 114 valence electrons. The third-order valence-electron chi connectivity index (χ3n) is 4.12. The molecular formula is C14H16N6OS. The summed E-state index contributed by atoms with van der Waals surface area (Å²) in [6.45, 7) is 7.05. The average molecular weight is 316 g/mol. The summed E-state index contributed by atoms with van der Waals surface area (Å²) in [6.07, 6.45) is 1.90. The standard InChI is InChI=1S/C14H16N6OS/c1-8-6-18(7-11-17-16-10(3)20(8)11)13(21)12-9(2)15-14-19(12)4-5-22-14/h4-5,8H,6-7H2,1-3H3/t8-/m0/s1. The molecule has 0 fully saturated rings. The Bertz CT molecular complexity index is 875. The lowest BCUT2D eigenvalue weighted by molar-refractivity contribution is 0.0672. The Morgan fingerprint density at radius 3 is 3.00 bits per heavy atom. The molecule has 1 aliphatic heterocycles. The number of amides is 1. The lowest BCUT2D eigenvalue weighted by Crippen LogP contribution is -2.41. The Labute approximate surface area is 131 Å². The van der Waals surface area contributed by atoms with Crippen molar-refractivity contribution in [1.82, 2.24) is 29.0 Å². The maximum atomic E-state index is 13.0. The van der Waals surface area contributed by atoms with Crippen molar-refractivity contribution in [2.24, 2.45) is 0 Å². The van der Waals surface area contributed by atoms with Crippen molar-refractivity contribution in [3.05, 3.63) is 34.6 Å². The van der Waals surface area contributed by atoms with Crippen LogP contribution in [0.1, 0.15) is 40.8 Å². The molecule has 1 atom stereocenters. The highest BCUT2D eigenvalue weighted by molar-refractivity contribution is 7.15. The first-order valence-electron chi connectivity index (χ1n) is 7.18. The van der Waals surface area contributed by atoms with Crippen LogP contribution in [0.4, 0.5) is 0 Å². The van der Waals surface area contributed by atoms with E-state index in [-0.39, 0.29) is 11.9 Å². The van der Waals surface area contributed by atoms with Gasteiger partial charge in [0.2, 0.25) is 0 Å². The normalized spacial score (nSPS) is 18.0. The molecule has 0 aliphatic carbocycles. The van der Waals surface area contributed by atoms with Crippen LogP contribution < -0.4 is 0 Å². The highest BCUT2D eigenvalue weighted by atomic mass is 32.1. The number of carbonyl (C=O) groups excluding carboxylic acids is 1. The van der Waals surface area contributed by atoms with Gasteiger partial charge in [-0.05, 0) is 20.8 Å². The zero-order valence-corrected chi connectivity index (χ0v) is 13.5. The van der Waals surface area contributed by atoms with Crippen molar-refractivity contribution < 1.29 is 4.79 Å². The van der Waals surface area contributed by atoms with E-state index >= 15 is 0 Å². The van der Waals surface area contributed by atoms with Gasteiger partial charge in [-0.3, -0.25) is 9.20 Å². The Hall–Kier alpha value is -2.22. The van der Waals surface area contributed by atoms with E-state index in [0.29, 0.717) is 18.8 Å². The van der Waals surface area contributed by atoms with Gasteiger partial charge in [0.05, 0.1) is 18.3 Å². The van der Waals surface area contributed by atoms with E-state index in [1.54, 1.807) is 0 Å². The summed E-state index contributed by atoms with van der Waals surface area (Å²) >= 11 is 1.53. The molecular weight excluding hydrogens is 300 g/mol. The lowest BCUT2D eigenvalue weighted by atomic mass is 10.2. The fraction of sp³-hybridized carbons (Fsp3) is 0.429. The second-order valence-electron chi connectivity index (χ2n) is 5.67. The Balaban J connectivity index is 1.72. The third kappa shape index (κ3) is 1.80. The van der Waals surface area contributed by atoms with Crippen LogP contribution >= 0.6 is 11.3 Å². The van der Waals surface area contributed by atoms with Crippen LogP contribution in [0.25, 0.3) is 4.96 Å². The van der Waals surface area contributed by atoms with Gasteiger partial charge in [0.1, 0.15) is 11.5 Å². The Morgan fingerprint density at radius 1 is 1.36 bits per heavy atom. The molecule has 4 rings (SSSR count). The van der Waals surface area contributed by atoms with Crippen molar-refractivity contribution in [3.63, 3.8) is 0 Å². The number of carbonyl (C=O) groups is 1. The van der Waals surface area contributed by atoms with Crippen LogP contribution in [0, 0.1) is 13.8 Å². The van der Waals surface area contributed by atoms with E-state index in [9.17, 15) is 4.79 Å². The van der Waals surface area contributed by atoms with Crippen LogP contribution in [0.5, 0.6) is 0 Å². The fourth-order valence-corrected chi connectivity index (χ4v) is 3.95. The van der Waals surface area contributed by atoms with Crippen molar-refractivity contribution in [2.75, 3.05) is 6.54 Å². The van der Waals surface area contributed by atoms with E-state index < -0.39 is 0 Å². The molecule has 0 saturated carbocycles. The van der Waals surface area contributed by atoms with Gasteiger partial charge in [-0.2, -0.15) is 0 Å². The van der Waals surface area contributed by atoms with Gasteiger partial charge in [0.25, 0.3) is 5.91 Å². The number of nitrogens with zero attached hydrogens (tertiary/aromatic N) is 6. The molecule has 3 aromatic heterocycles. The van der Waals surface area contributed by atoms with Gasteiger partial charge < -0.3 is 9.47 Å². The summed E-state index contributed by atoms with van der Waals surface area (Å²) in [5, 5.41) is 10.3. The first-order chi connectivity index (χ1) is 10.6. The van der Waals surface area contributed by atoms with Gasteiger partial charge in [0, 0.05) is 18.1 Å². The summed E-state index contributed by atoms with van der Waals surface area (Å²) in [6, 6.07) is 0.175. The van der Waals surface area contributed by atoms with Crippen molar-refractivity contribution in [1.29, 1.82) is 0 Å². The fourth-order valence-electron chi connectivity index (χ4n) is 3.19. The number of imidazole rings is 1. The number of rotatable bonds is 1. The van der Waals surface area contributed by atoms with E-state index in [1.165, 1.54) is 11.3 Å². The summed E-state index contributed by atoms with van der Waals surface area (Å²) in [5.41, 5.74) is 1.42. The van der Waals surface area contributed by atoms with Crippen LogP contribution in [-0.4, -0.2) is 41.5 Å². The second kappa shape index (κ2) is 4.64. The minimum atomic E-state index is 0.00199. The molecule has 1 aliphatic rings. The molecule has 8 heteroatoms. The quantitative estimate of drug-likeness (QED) is 0.687. The minimum absolute atomic E-state index is 0.00199. The maximum absolute atomic E-state index is 13.0. The van der Waals surface area contributed by atoms with Crippen LogP contribution in [-0.2, 0) is 6.54 Å². The summed E-state index contributed by atoms with van der Waals surface area (Å²) in [7, 11) is 0. The van der Waals surface area contributed by atoms with Crippen LogP contribution in [0.3, 0.4) is 0 Å². The molecule has 1 amide bonds. The molecule has 0 unspecified atom stereocenters. The van der Waals surface area contributed by atoms with Crippen molar-refractivity contribution >= 4 is 22.2 Å². The van der Waals surface area contributed by atoms with Gasteiger partial charge in [-0.1, -0.05) is 0 Å². The SMILES string of the molecule is Cc1nc2sccn2c1C(=O)N1Cc2nnc(C)n2[C@@H](C)C1. The minimum Gasteiger partial charge on any atom is -0.328 e. The maximum Gasteiger partial charge on any atom is 0.273 e. The molecule has 0 N–H and O–H groups in total. The summed E-state index contributed by atoms with van der Waals surface area (Å²) in [4.78, 5) is 20.1. The largest absolute Gasteiger partial charge is 0.328 e. The highest BCUT2D eigenvalue weighted by Gasteiger charge is 2.31. The van der Waals surface area contributed by atoms with Gasteiger partial charge in [-0.25, -0.2) is 4.98 Å². The molecule has 0 radical (unpaired) electrons. The zero-order chi connectivity index (χ0) is 15.4. The number of fused-ring (bicyclic) bond motifs is 2. The molecule has 0 bridgehead atoms. The Morgan fingerprint density at radius 2 is 2.18 bits per heavy atom. The number of aromatic nitrogens is 5. The zero-order valence-electron chi connectivity index (χ0n) is 12.6. The van der Waals surface area contributed by atoms with Gasteiger partial charge in [0.15, 0.2) is 10.8 Å². The predicted octanol–water partition coefficient (Wildman–Crippen LogP) is 1.82. The second-order valence-corrected chi connectivity index (χ2v) is 6.54. The highest BCUT2D eigenvalue weighted by Crippen LogP contribution is 2.24. The summed E-state index contributed by atoms with van der Waals surface area (Å²) < 4.78 is 3.98. The van der Waals surface area contributed by atoms with Gasteiger partial charge >= 0.3 is 0 Å². The first-order valence-corrected chi connectivity index (χ1v) is 8.06. The van der Waals surface area contributed by atoms with E-state index in [2.05, 4.69) is 26.7 Å². The molecule has 7 nitrogen and oxygen atoms in total. The van der Waals surface area contributed by atoms with Gasteiger partial charge in [-0.15, -0.1) is 21.5 Å². The average Bonchev–Trinajstić information content (AvgIpc) is 3.13. The monoisotopic (exact) mass is 316 g/mol. The number of aryl methyl sites for hydroxylation is 2. The summed E-state index contributed by atoms with van der Waals surface area (Å²) in [5.74, 6) is 1.74. The molecule has 3 aromatic rings. The third-order valence-corrected chi connectivity index (χ3v) is 4.88. The number of hydrogen-bond donors (Lipinski definition) is 0. The van der Waals surface area contributed by atoms with Crippen LogP contribution in [0.15, 0.2) is 11.6 Å². The van der Waals surface area contributed by atoms with E-state index in [1.807, 2.05) is 34.7 Å². The number of hydrogen-bond acceptors (Lipinski definition) is 5. The molecule has 0 saturated heterocycles.